The second kappa shape index (κ2) is 12.8. The molecule has 0 saturated carbocycles. The van der Waals surface area contributed by atoms with Crippen molar-refractivity contribution in [2.45, 2.75) is 38.7 Å². The fourth-order valence-corrected chi connectivity index (χ4v) is 4.94. The predicted octanol–water partition coefficient (Wildman–Crippen LogP) is 11.1. The smallest absolute Gasteiger partial charge is 0.429 e. The fourth-order valence-electron chi connectivity index (χ4n) is 4.94. The lowest BCUT2D eigenvalue weighted by molar-refractivity contribution is -0.189. The van der Waals surface area contributed by atoms with E-state index >= 15 is 4.39 Å². The molecule has 0 aliphatic carbocycles. The summed E-state index contributed by atoms with van der Waals surface area (Å²) in [5, 5.41) is 0. The number of ether oxygens (including phenoxy) is 1. The number of hydrogen-bond acceptors (Lipinski definition) is 1. The Balaban J connectivity index is 1.33. The highest BCUT2D eigenvalue weighted by Gasteiger charge is 2.41. The lowest BCUT2D eigenvalue weighted by Gasteiger charge is -2.20. The van der Waals surface area contributed by atoms with Crippen LogP contribution in [0.15, 0.2) is 103 Å². The molecule has 0 aromatic heterocycles. The molecule has 0 saturated heterocycles. The molecule has 0 atom stereocenters. The highest BCUT2D eigenvalue weighted by Crippen LogP contribution is 2.38. The normalized spacial score (nSPS) is 11.5. The van der Waals surface area contributed by atoms with E-state index in [0.29, 0.717) is 17.7 Å². The molecule has 0 N–H and O–H groups in total. The zero-order chi connectivity index (χ0) is 30.6. The first-order valence-electron chi connectivity index (χ1n) is 14.0. The van der Waals surface area contributed by atoms with Gasteiger partial charge in [0.05, 0.1) is 0 Å². The van der Waals surface area contributed by atoms with E-state index in [9.17, 15) is 22.0 Å². The van der Waals surface area contributed by atoms with Crippen molar-refractivity contribution in [1.82, 2.24) is 0 Å². The van der Waals surface area contributed by atoms with Crippen LogP contribution >= 0.6 is 0 Å². The maximum Gasteiger partial charge on any atom is 0.432 e. The largest absolute Gasteiger partial charge is 0.432 e. The van der Waals surface area contributed by atoms with Crippen molar-refractivity contribution in [1.29, 1.82) is 0 Å². The van der Waals surface area contributed by atoms with Gasteiger partial charge in [-0.3, -0.25) is 0 Å². The van der Waals surface area contributed by atoms with Gasteiger partial charge in [0.2, 0.25) is 0 Å². The Hall–Kier alpha value is -4.52. The molecule has 5 rings (SSSR count). The molecule has 0 amide bonds. The van der Waals surface area contributed by atoms with Gasteiger partial charge < -0.3 is 4.74 Å². The van der Waals surface area contributed by atoms with E-state index in [0.717, 1.165) is 47.4 Å². The van der Waals surface area contributed by atoms with Crippen LogP contribution in [0.1, 0.15) is 37.3 Å². The fraction of sp³-hybridized carbons (Fsp3) is 0.167. The topological polar surface area (TPSA) is 9.23 Å². The van der Waals surface area contributed by atoms with Crippen LogP contribution in [0.4, 0.5) is 26.3 Å². The van der Waals surface area contributed by atoms with Gasteiger partial charge in [-0.05, 0) is 88.7 Å². The Bertz CT molecular complexity index is 1670. The zero-order valence-corrected chi connectivity index (χ0v) is 23.3. The van der Waals surface area contributed by atoms with Crippen LogP contribution in [0.3, 0.4) is 0 Å². The first-order valence-corrected chi connectivity index (χ1v) is 14.0. The Morgan fingerprint density at radius 3 is 1.63 bits per heavy atom. The van der Waals surface area contributed by atoms with Crippen molar-refractivity contribution in [2.24, 2.45) is 0 Å². The van der Waals surface area contributed by atoms with E-state index in [1.54, 1.807) is 6.07 Å². The van der Waals surface area contributed by atoms with Gasteiger partial charge in [-0.25, -0.2) is 17.6 Å². The van der Waals surface area contributed by atoms with E-state index in [-0.39, 0.29) is 11.1 Å². The SMILES string of the molecule is CCCCCc1ccc(-c2ccc(-c3ccc(-c4cc(F)c(C(F)(F)Oc5ccc(F)cc5)c(F)c4)c(F)c3)cc2)cc1. The third kappa shape index (κ3) is 6.94. The van der Waals surface area contributed by atoms with Crippen molar-refractivity contribution < 1.29 is 31.1 Å². The summed E-state index contributed by atoms with van der Waals surface area (Å²) in [5.74, 6) is -5.19. The number of alkyl halides is 2. The third-order valence-corrected chi connectivity index (χ3v) is 7.25. The lowest BCUT2D eigenvalue weighted by atomic mass is 9.96. The van der Waals surface area contributed by atoms with E-state index < -0.39 is 40.7 Å². The molecule has 5 aromatic rings. The summed E-state index contributed by atoms with van der Waals surface area (Å²) in [5.41, 5.74) is 2.59. The maximum absolute atomic E-state index is 15.2. The summed E-state index contributed by atoms with van der Waals surface area (Å²) in [4.78, 5) is 0. The van der Waals surface area contributed by atoms with Crippen LogP contribution in [-0.2, 0) is 12.5 Å². The van der Waals surface area contributed by atoms with Crippen LogP contribution in [0.5, 0.6) is 5.75 Å². The first kappa shape index (κ1) is 30.0. The second-order valence-corrected chi connectivity index (χ2v) is 10.3. The second-order valence-electron chi connectivity index (χ2n) is 10.3. The van der Waals surface area contributed by atoms with Crippen molar-refractivity contribution >= 4 is 0 Å². The minimum atomic E-state index is -4.41. The van der Waals surface area contributed by atoms with Crippen molar-refractivity contribution in [2.75, 3.05) is 0 Å². The molecule has 1 nitrogen and oxygen atoms in total. The van der Waals surface area contributed by atoms with Gasteiger partial charge in [-0.2, -0.15) is 8.78 Å². The number of benzene rings is 5. The summed E-state index contributed by atoms with van der Waals surface area (Å²) in [6, 6.07) is 25.0. The number of unbranched alkanes of at least 4 members (excludes halogenated alkanes) is 2. The van der Waals surface area contributed by atoms with Gasteiger partial charge in [0.25, 0.3) is 0 Å². The van der Waals surface area contributed by atoms with Gasteiger partial charge in [0, 0.05) is 5.56 Å². The Kier molecular flexibility index (Phi) is 8.90. The summed E-state index contributed by atoms with van der Waals surface area (Å²) >= 11 is 0. The average Bonchev–Trinajstić information content (AvgIpc) is 2.98. The van der Waals surface area contributed by atoms with E-state index in [2.05, 4.69) is 35.9 Å². The molecule has 0 unspecified atom stereocenters. The third-order valence-electron chi connectivity index (χ3n) is 7.25. The van der Waals surface area contributed by atoms with Crippen molar-refractivity contribution in [3.63, 3.8) is 0 Å². The van der Waals surface area contributed by atoms with Gasteiger partial charge in [0.15, 0.2) is 0 Å². The highest BCUT2D eigenvalue weighted by molar-refractivity contribution is 5.74. The molecule has 0 aliphatic heterocycles. The minimum Gasteiger partial charge on any atom is -0.429 e. The van der Waals surface area contributed by atoms with Crippen molar-refractivity contribution in [3.05, 3.63) is 138 Å². The van der Waals surface area contributed by atoms with Gasteiger partial charge in [0.1, 0.15) is 34.6 Å². The summed E-state index contributed by atoms with van der Waals surface area (Å²) < 4.78 is 91.7. The van der Waals surface area contributed by atoms with E-state index in [4.69, 9.17) is 0 Å². The lowest BCUT2D eigenvalue weighted by Crippen LogP contribution is -2.25. The van der Waals surface area contributed by atoms with Gasteiger partial charge in [-0.15, -0.1) is 0 Å². The molecule has 0 spiro atoms. The van der Waals surface area contributed by atoms with Gasteiger partial charge >= 0.3 is 6.11 Å². The first-order chi connectivity index (χ1) is 20.6. The number of aryl methyl sites for hydroxylation is 1. The standard InChI is InChI=1S/C36H28F6O/c1-2-3-4-5-23-6-8-24(9-7-23)25-10-12-26(13-11-25)27-14-19-31(32(38)20-27)28-21-33(39)35(34(40)22-28)36(41,42)43-30-17-15-29(37)16-18-30/h6-22H,2-5H2,1H3. The maximum atomic E-state index is 15.2. The molecule has 7 heteroatoms. The molecule has 0 radical (unpaired) electrons. The Morgan fingerprint density at radius 1 is 0.558 bits per heavy atom. The number of hydrogen-bond donors (Lipinski definition) is 0. The quantitative estimate of drug-likeness (QED) is 0.116. The molecule has 43 heavy (non-hydrogen) atoms. The van der Waals surface area contributed by atoms with Crippen LogP contribution in [0.2, 0.25) is 0 Å². The summed E-state index contributed by atoms with van der Waals surface area (Å²) in [6.07, 6.45) is 0.198. The Morgan fingerprint density at radius 2 is 1.07 bits per heavy atom. The van der Waals surface area contributed by atoms with Crippen LogP contribution in [0, 0.1) is 23.3 Å². The van der Waals surface area contributed by atoms with E-state index in [1.807, 2.05) is 24.3 Å². The monoisotopic (exact) mass is 590 g/mol. The van der Waals surface area contributed by atoms with Crippen LogP contribution in [-0.4, -0.2) is 0 Å². The molecule has 0 heterocycles. The van der Waals surface area contributed by atoms with Gasteiger partial charge in [-0.1, -0.05) is 80.4 Å². The highest BCUT2D eigenvalue weighted by atomic mass is 19.3. The van der Waals surface area contributed by atoms with E-state index in [1.165, 1.54) is 37.0 Å². The summed E-state index contributed by atoms with van der Waals surface area (Å²) in [6.45, 7) is 2.18. The molecule has 220 valence electrons. The van der Waals surface area contributed by atoms with Crippen LogP contribution in [0.25, 0.3) is 33.4 Å². The minimum absolute atomic E-state index is 0.161. The average molecular weight is 591 g/mol. The Labute approximate surface area is 246 Å². The predicted molar refractivity (Wildman–Crippen MR) is 157 cm³/mol. The molecule has 0 fully saturated rings. The van der Waals surface area contributed by atoms with Crippen LogP contribution < -0.4 is 4.74 Å². The molecular formula is C36H28F6O. The number of rotatable bonds is 10. The number of halogens is 6. The zero-order valence-electron chi connectivity index (χ0n) is 23.3. The molecule has 5 aromatic carbocycles. The molecular weight excluding hydrogens is 562 g/mol. The molecule has 0 bridgehead atoms. The molecule has 0 aliphatic rings. The summed E-state index contributed by atoms with van der Waals surface area (Å²) in [7, 11) is 0. The van der Waals surface area contributed by atoms with Crippen molar-refractivity contribution in [3.8, 4) is 39.1 Å².